The summed E-state index contributed by atoms with van der Waals surface area (Å²) in [5.74, 6) is -3.54. The van der Waals surface area contributed by atoms with Gasteiger partial charge in [0.25, 0.3) is 11.6 Å². The van der Waals surface area contributed by atoms with Gasteiger partial charge in [0.2, 0.25) is 0 Å². The number of amides is 1. The van der Waals surface area contributed by atoms with Crippen molar-refractivity contribution in [2.75, 3.05) is 6.61 Å². The molecule has 0 spiro atoms. The first-order valence-electron chi connectivity index (χ1n) is 5.45. The fourth-order valence-corrected chi connectivity index (χ4v) is 1.42. The van der Waals surface area contributed by atoms with Gasteiger partial charge >= 0.3 is 5.97 Å². The van der Waals surface area contributed by atoms with Crippen LogP contribution in [-0.2, 0) is 4.79 Å². The number of carboxylic acid groups (broad SMARTS) is 1. The van der Waals surface area contributed by atoms with Crippen LogP contribution in [0, 0.1) is 15.9 Å². The maximum atomic E-state index is 13.5. The van der Waals surface area contributed by atoms with E-state index in [0.29, 0.717) is 6.07 Å². The molecule has 3 N–H and O–H groups in total. The molecule has 0 aromatic heterocycles. The Morgan fingerprint density at radius 2 is 2.10 bits per heavy atom. The molecule has 20 heavy (non-hydrogen) atoms. The highest BCUT2D eigenvalue weighted by atomic mass is 19.1. The zero-order chi connectivity index (χ0) is 15.3. The lowest BCUT2D eigenvalue weighted by atomic mass is 10.1. The SMILES string of the molecule is O=C(N[C@H](CCO)C(=O)O)c1ccc([N+](=O)[O-])cc1F. The van der Waals surface area contributed by atoms with Gasteiger partial charge in [-0.1, -0.05) is 0 Å². The monoisotopic (exact) mass is 286 g/mol. The third-order valence-corrected chi connectivity index (χ3v) is 2.43. The van der Waals surface area contributed by atoms with Gasteiger partial charge in [-0.3, -0.25) is 14.9 Å². The average Bonchev–Trinajstić information content (AvgIpc) is 2.37. The smallest absolute Gasteiger partial charge is 0.326 e. The summed E-state index contributed by atoms with van der Waals surface area (Å²) in [6.45, 7) is -0.472. The van der Waals surface area contributed by atoms with Crippen LogP contribution in [-0.4, -0.2) is 39.7 Å². The van der Waals surface area contributed by atoms with Gasteiger partial charge in [-0.05, 0) is 6.07 Å². The maximum Gasteiger partial charge on any atom is 0.326 e. The number of nitrogens with zero attached hydrogens (tertiary/aromatic N) is 1. The number of hydrogen-bond donors (Lipinski definition) is 3. The Hall–Kier alpha value is -2.55. The number of benzene rings is 1. The van der Waals surface area contributed by atoms with E-state index in [9.17, 15) is 24.1 Å². The minimum Gasteiger partial charge on any atom is -0.480 e. The molecular formula is C11H11FN2O6. The summed E-state index contributed by atoms with van der Waals surface area (Å²) in [5.41, 5.74) is -1.04. The number of non-ortho nitro benzene ring substituents is 1. The van der Waals surface area contributed by atoms with Crippen LogP contribution in [0.3, 0.4) is 0 Å². The number of carbonyl (C=O) groups excluding carboxylic acids is 1. The van der Waals surface area contributed by atoms with Crippen LogP contribution in [0.4, 0.5) is 10.1 Å². The molecule has 0 heterocycles. The number of aliphatic carboxylic acids is 1. The summed E-state index contributed by atoms with van der Waals surface area (Å²) >= 11 is 0. The van der Waals surface area contributed by atoms with Crippen molar-refractivity contribution in [1.82, 2.24) is 5.32 Å². The van der Waals surface area contributed by atoms with Crippen molar-refractivity contribution in [1.29, 1.82) is 0 Å². The highest BCUT2D eigenvalue weighted by Gasteiger charge is 2.22. The molecule has 1 atom stereocenters. The first-order valence-corrected chi connectivity index (χ1v) is 5.45. The highest BCUT2D eigenvalue weighted by molar-refractivity contribution is 5.97. The van der Waals surface area contributed by atoms with Gasteiger partial charge in [-0.25, -0.2) is 9.18 Å². The third-order valence-electron chi connectivity index (χ3n) is 2.43. The Bertz CT molecular complexity index is 548. The van der Waals surface area contributed by atoms with Crippen LogP contribution in [0.25, 0.3) is 0 Å². The molecule has 1 rings (SSSR count). The van der Waals surface area contributed by atoms with Gasteiger partial charge in [0, 0.05) is 19.1 Å². The van der Waals surface area contributed by atoms with Crippen molar-refractivity contribution >= 4 is 17.6 Å². The van der Waals surface area contributed by atoms with E-state index < -0.39 is 46.5 Å². The molecular weight excluding hydrogens is 275 g/mol. The average molecular weight is 286 g/mol. The molecule has 0 bridgehead atoms. The topological polar surface area (TPSA) is 130 Å². The number of hydrogen-bond acceptors (Lipinski definition) is 5. The van der Waals surface area contributed by atoms with Gasteiger partial charge < -0.3 is 15.5 Å². The van der Waals surface area contributed by atoms with Crippen molar-refractivity contribution < 1.29 is 29.1 Å². The Morgan fingerprint density at radius 1 is 1.45 bits per heavy atom. The second-order valence-electron chi connectivity index (χ2n) is 3.80. The molecule has 0 aliphatic carbocycles. The van der Waals surface area contributed by atoms with E-state index in [0.717, 1.165) is 12.1 Å². The number of carboxylic acids is 1. The predicted octanol–water partition coefficient (Wildman–Crippen LogP) is 0.299. The molecule has 8 nitrogen and oxygen atoms in total. The minimum atomic E-state index is -1.38. The van der Waals surface area contributed by atoms with Gasteiger partial charge in [0.05, 0.1) is 16.6 Å². The fraction of sp³-hybridized carbons (Fsp3) is 0.273. The Balaban J connectivity index is 2.92. The second-order valence-corrected chi connectivity index (χ2v) is 3.80. The van der Waals surface area contributed by atoms with Gasteiger partial charge in [-0.2, -0.15) is 0 Å². The zero-order valence-electron chi connectivity index (χ0n) is 10.1. The van der Waals surface area contributed by atoms with E-state index in [1.807, 2.05) is 5.32 Å². The Morgan fingerprint density at radius 3 is 2.55 bits per heavy atom. The molecule has 108 valence electrons. The van der Waals surface area contributed by atoms with Crippen molar-refractivity contribution in [2.24, 2.45) is 0 Å². The number of nitro groups is 1. The molecule has 0 aliphatic heterocycles. The minimum absolute atomic E-state index is 0.240. The number of halogens is 1. The van der Waals surface area contributed by atoms with E-state index in [-0.39, 0.29) is 6.42 Å². The van der Waals surface area contributed by atoms with E-state index >= 15 is 0 Å². The number of aliphatic hydroxyl groups is 1. The summed E-state index contributed by atoms with van der Waals surface area (Å²) in [6.07, 6.45) is -0.240. The predicted molar refractivity (Wildman–Crippen MR) is 63.6 cm³/mol. The molecule has 0 aliphatic rings. The van der Waals surface area contributed by atoms with Crippen molar-refractivity contribution in [3.63, 3.8) is 0 Å². The molecule has 0 unspecified atom stereocenters. The Labute approximate surface area is 112 Å². The lowest BCUT2D eigenvalue weighted by molar-refractivity contribution is -0.385. The first-order chi connectivity index (χ1) is 9.36. The largest absolute Gasteiger partial charge is 0.480 e. The van der Waals surface area contributed by atoms with Gasteiger partial charge in [0.15, 0.2) is 0 Å². The molecule has 0 saturated carbocycles. The number of rotatable bonds is 6. The van der Waals surface area contributed by atoms with Crippen molar-refractivity contribution in [3.8, 4) is 0 Å². The van der Waals surface area contributed by atoms with Crippen LogP contribution in [0.1, 0.15) is 16.8 Å². The summed E-state index contributed by atoms with van der Waals surface area (Å²) in [4.78, 5) is 32.0. The van der Waals surface area contributed by atoms with Crippen LogP contribution >= 0.6 is 0 Å². The summed E-state index contributed by atoms with van der Waals surface area (Å²) < 4.78 is 13.5. The summed E-state index contributed by atoms with van der Waals surface area (Å²) in [5, 5.41) is 29.9. The fourth-order valence-electron chi connectivity index (χ4n) is 1.42. The van der Waals surface area contributed by atoms with Gasteiger partial charge in [0.1, 0.15) is 11.9 Å². The van der Waals surface area contributed by atoms with Crippen LogP contribution in [0.15, 0.2) is 18.2 Å². The summed E-state index contributed by atoms with van der Waals surface area (Å²) in [6, 6.07) is 1.01. The Kier molecular flexibility index (Phi) is 5.09. The maximum absolute atomic E-state index is 13.5. The van der Waals surface area contributed by atoms with E-state index in [4.69, 9.17) is 10.2 Å². The lowest BCUT2D eigenvalue weighted by Crippen LogP contribution is -2.41. The standard InChI is InChI=1S/C11H11FN2O6/c12-8-5-6(14(19)20)1-2-7(8)10(16)13-9(3-4-15)11(17)18/h1-2,5,9,15H,3-4H2,(H,13,16)(H,17,18)/t9-/m1/s1. The summed E-state index contributed by atoms with van der Waals surface area (Å²) in [7, 11) is 0. The van der Waals surface area contributed by atoms with E-state index in [1.54, 1.807) is 0 Å². The second kappa shape index (κ2) is 6.57. The number of nitrogens with one attached hydrogen (secondary N) is 1. The molecule has 0 fully saturated rings. The van der Waals surface area contributed by atoms with Crippen LogP contribution < -0.4 is 5.32 Å². The molecule has 0 saturated heterocycles. The number of aliphatic hydroxyl groups excluding tert-OH is 1. The van der Waals surface area contributed by atoms with Crippen LogP contribution in [0.2, 0.25) is 0 Å². The number of nitro benzene ring substituents is 1. The van der Waals surface area contributed by atoms with Crippen molar-refractivity contribution in [2.45, 2.75) is 12.5 Å². The van der Waals surface area contributed by atoms with Gasteiger partial charge in [-0.15, -0.1) is 0 Å². The highest BCUT2D eigenvalue weighted by Crippen LogP contribution is 2.16. The lowest BCUT2D eigenvalue weighted by Gasteiger charge is -2.13. The van der Waals surface area contributed by atoms with Crippen LogP contribution in [0.5, 0.6) is 0 Å². The first kappa shape index (κ1) is 15.5. The molecule has 9 heteroatoms. The van der Waals surface area contributed by atoms with Crippen molar-refractivity contribution in [3.05, 3.63) is 39.7 Å². The normalized spacial score (nSPS) is 11.7. The molecule has 0 radical (unpaired) electrons. The molecule has 1 aromatic rings. The molecule has 1 aromatic carbocycles. The molecule has 1 amide bonds. The number of carbonyl (C=O) groups is 2. The third kappa shape index (κ3) is 3.72. The zero-order valence-corrected chi connectivity index (χ0v) is 10.1. The quantitative estimate of drug-likeness (QED) is 0.509. The van der Waals surface area contributed by atoms with E-state index in [2.05, 4.69) is 0 Å². The van der Waals surface area contributed by atoms with E-state index in [1.165, 1.54) is 0 Å².